The van der Waals surface area contributed by atoms with Crippen LogP contribution in [0.15, 0.2) is 0 Å². The van der Waals surface area contributed by atoms with Crippen molar-refractivity contribution in [1.29, 1.82) is 0 Å². The van der Waals surface area contributed by atoms with E-state index < -0.39 is 42.4 Å². The first-order valence-corrected chi connectivity index (χ1v) is 7.87. The van der Waals surface area contributed by atoms with Crippen LogP contribution in [0.5, 0.6) is 0 Å². The number of rotatable bonds is 8. The monoisotopic (exact) mass is 372 g/mol. The van der Waals surface area contributed by atoms with E-state index in [1.807, 2.05) is 0 Å². The molecule has 138 valence electrons. The zero-order valence-electron chi connectivity index (χ0n) is 12.9. The van der Waals surface area contributed by atoms with Gasteiger partial charge in [-0.2, -0.15) is 42.5 Å². The van der Waals surface area contributed by atoms with Gasteiger partial charge in [0, 0.05) is 6.42 Å². The molecule has 0 fully saturated rings. The standard InChI is InChI=1S/C13H19F7O2S/c1-10(2,3)22-9(21)8-23-7-5-4-6-11(14,15)12(16,17)13(18,19)20/h4-8H2,1-3H3. The molecule has 0 aliphatic heterocycles. The largest absolute Gasteiger partial charge is 0.459 e. The van der Waals surface area contributed by atoms with Crippen LogP contribution in [0.1, 0.15) is 40.0 Å². The number of hydrogen-bond donors (Lipinski definition) is 0. The van der Waals surface area contributed by atoms with Crippen molar-refractivity contribution in [2.24, 2.45) is 0 Å². The van der Waals surface area contributed by atoms with Gasteiger partial charge in [0.1, 0.15) is 5.60 Å². The Balaban J connectivity index is 4.07. The summed E-state index contributed by atoms with van der Waals surface area (Å²) in [5.41, 5.74) is -0.664. The fourth-order valence-electron chi connectivity index (χ4n) is 1.44. The van der Waals surface area contributed by atoms with Crippen molar-refractivity contribution in [1.82, 2.24) is 0 Å². The Morgan fingerprint density at radius 2 is 1.48 bits per heavy atom. The third-order valence-corrected chi connectivity index (χ3v) is 3.50. The second-order valence-corrected chi connectivity index (χ2v) is 6.98. The fourth-order valence-corrected chi connectivity index (χ4v) is 2.22. The number of halogens is 7. The quantitative estimate of drug-likeness (QED) is 0.338. The smallest absolute Gasteiger partial charge is 0.459 e. The number of carbonyl (C=O) groups is 1. The summed E-state index contributed by atoms with van der Waals surface area (Å²) in [5, 5.41) is 0. The molecule has 0 aromatic carbocycles. The highest BCUT2D eigenvalue weighted by atomic mass is 32.2. The number of alkyl halides is 7. The Morgan fingerprint density at radius 3 is 1.91 bits per heavy atom. The first kappa shape index (κ1) is 22.3. The molecule has 0 atom stereocenters. The Bertz CT molecular complexity index is 389. The van der Waals surface area contributed by atoms with Crippen molar-refractivity contribution in [2.45, 2.75) is 63.7 Å². The maximum Gasteiger partial charge on any atom is 0.459 e. The average Bonchev–Trinajstić information content (AvgIpc) is 2.29. The molecule has 0 radical (unpaired) electrons. The molecule has 0 bridgehead atoms. The molecule has 23 heavy (non-hydrogen) atoms. The maximum absolute atomic E-state index is 13.0. The van der Waals surface area contributed by atoms with E-state index in [4.69, 9.17) is 4.74 Å². The Labute approximate surface area is 134 Å². The molecule has 10 heteroatoms. The second kappa shape index (κ2) is 7.94. The van der Waals surface area contributed by atoms with Crippen LogP contribution < -0.4 is 0 Å². The molecular weight excluding hydrogens is 353 g/mol. The van der Waals surface area contributed by atoms with E-state index in [1.165, 1.54) is 0 Å². The molecule has 0 spiro atoms. The van der Waals surface area contributed by atoms with Gasteiger partial charge in [-0.3, -0.25) is 4.79 Å². The second-order valence-electron chi connectivity index (χ2n) is 5.87. The summed E-state index contributed by atoms with van der Waals surface area (Å²) >= 11 is 1.04. The van der Waals surface area contributed by atoms with E-state index in [0.717, 1.165) is 11.8 Å². The van der Waals surface area contributed by atoms with Gasteiger partial charge in [0.05, 0.1) is 5.75 Å². The third-order valence-electron chi connectivity index (χ3n) is 2.48. The zero-order chi connectivity index (χ0) is 18.5. The molecule has 2 nitrogen and oxygen atoms in total. The summed E-state index contributed by atoms with van der Waals surface area (Å²) in [5.74, 6) is -11.6. The van der Waals surface area contributed by atoms with E-state index in [1.54, 1.807) is 20.8 Å². The zero-order valence-corrected chi connectivity index (χ0v) is 13.7. The molecule has 0 aromatic rings. The number of thioether (sulfide) groups is 1. The Kier molecular flexibility index (Phi) is 7.70. The van der Waals surface area contributed by atoms with Crippen molar-refractivity contribution in [3.63, 3.8) is 0 Å². The molecule has 0 saturated heterocycles. The Hall–Kier alpha value is -0.670. The van der Waals surface area contributed by atoms with E-state index in [-0.39, 0.29) is 17.9 Å². The number of esters is 1. The highest BCUT2D eigenvalue weighted by molar-refractivity contribution is 7.99. The molecular formula is C13H19F7O2S. The maximum atomic E-state index is 13.0. The summed E-state index contributed by atoms with van der Waals surface area (Å²) in [6.45, 7) is 5.00. The van der Waals surface area contributed by atoms with Gasteiger partial charge in [-0.1, -0.05) is 0 Å². The van der Waals surface area contributed by atoms with Gasteiger partial charge in [0.15, 0.2) is 0 Å². The predicted octanol–water partition coefficient (Wildman–Crippen LogP) is 5.06. The minimum atomic E-state index is -6.29. The molecule has 0 rings (SSSR count). The summed E-state index contributed by atoms with van der Waals surface area (Å²) in [7, 11) is 0. The number of hydrogen-bond acceptors (Lipinski definition) is 3. The van der Waals surface area contributed by atoms with Gasteiger partial charge in [0.2, 0.25) is 0 Å². The highest BCUT2D eigenvalue weighted by Gasteiger charge is 2.72. The van der Waals surface area contributed by atoms with Gasteiger partial charge in [0.25, 0.3) is 0 Å². The Morgan fingerprint density at radius 1 is 0.957 bits per heavy atom. The summed E-state index contributed by atoms with van der Waals surface area (Å²) in [6, 6.07) is 0. The summed E-state index contributed by atoms with van der Waals surface area (Å²) in [6.07, 6.45) is -8.40. The first-order chi connectivity index (χ1) is 10.1. The summed E-state index contributed by atoms with van der Waals surface area (Å²) in [4.78, 5) is 11.3. The third kappa shape index (κ3) is 7.63. The van der Waals surface area contributed by atoms with Crippen LogP contribution in [0.25, 0.3) is 0 Å². The van der Waals surface area contributed by atoms with Gasteiger partial charge in [-0.15, -0.1) is 0 Å². The lowest BCUT2D eigenvalue weighted by molar-refractivity contribution is -0.355. The number of unbranched alkanes of at least 4 members (excludes halogenated alkanes) is 1. The first-order valence-electron chi connectivity index (χ1n) is 6.72. The van der Waals surface area contributed by atoms with Crippen LogP contribution in [0.4, 0.5) is 30.7 Å². The van der Waals surface area contributed by atoms with Gasteiger partial charge in [-0.25, -0.2) is 0 Å². The van der Waals surface area contributed by atoms with Crippen LogP contribution in [-0.4, -0.2) is 41.1 Å². The minimum absolute atomic E-state index is 0.0169. The van der Waals surface area contributed by atoms with E-state index in [0.29, 0.717) is 0 Å². The van der Waals surface area contributed by atoms with E-state index in [9.17, 15) is 35.5 Å². The molecule has 0 unspecified atom stereocenters. The highest BCUT2D eigenvalue weighted by Crippen LogP contribution is 2.48. The van der Waals surface area contributed by atoms with Gasteiger partial charge in [-0.05, 0) is 39.4 Å². The fraction of sp³-hybridized carbons (Fsp3) is 0.923. The minimum Gasteiger partial charge on any atom is -0.459 e. The van der Waals surface area contributed by atoms with Crippen molar-refractivity contribution in [2.75, 3.05) is 11.5 Å². The van der Waals surface area contributed by atoms with E-state index in [2.05, 4.69) is 0 Å². The average molecular weight is 372 g/mol. The van der Waals surface area contributed by atoms with Crippen LogP contribution >= 0.6 is 11.8 Å². The molecule has 0 heterocycles. The van der Waals surface area contributed by atoms with Crippen molar-refractivity contribution >= 4 is 17.7 Å². The van der Waals surface area contributed by atoms with Crippen molar-refractivity contribution < 1.29 is 40.3 Å². The van der Waals surface area contributed by atoms with Crippen LogP contribution in [-0.2, 0) is 9.53 Å². The molecule has 0 aliphatic carbocycles. The molecule has 0 aliphatic rings. The molecule has 0 aromatic heterocycles. The lowest BCUT2D eigenvalue weighted by Gasteiger charge is -2.28. The SMILES string of the molecule is CC(C)(C)OC(=O)CSCCCCC(F)(F)C(F)(F)C(F)(F)F. The van der Waals surface area contributed by atoms with Gasteiger partial charge >= 0.3 is 24.0 Å². The van der Waals surface area contributed by atoms with Gasteiger partial charge < -0.3 is 4.74 Å². The molecule has 0 amide bonds. The van der Waals surface area contributed by atoms with Crippen molar-refractivity contribution in [3.05, 3.63) is 0 Å². The number of ether oxygens (including phenoxy) is 1. The van der Waals surface area contributed by atoms with Crippen molar-refractivity contribution in [3.8, 4) is 0 Å². The lowest BCUT2D eigenvalue weighted by atomic mass is 10.0. The topological polar surface area (TPSA) is 26.3 Å². The normalized spacial score (nSPS) is 14.0. The van der Waals surface area contributed by atoms with Crippen LogP contribution in [0.2, 0.25) is 0 Å². The molecule has 0 saturated carbocycles. The predicted molar refractivity (Wildman–Crippen MR) is 73.0 cm³/mol. The molecule has 0 N–H and O–H groups in total. The lowest BCUT2D eigenvalue weighted by Crippen LogP contribution is -2.51. The number of carbonyl (C=O) groups excluding carboxylic acids is 1. The van der Waals surface area contributed by atoms with Crippen LogP contribution in [0, 0.1) is 0 Å². The van der Waals surface area contributed by atoms with Crippen LogP contribution in [0.3, 0.4) is 0 Å². The summed E-state index contributed by atoms with van der Waals surface area (Å²) < 4.78 is 91.8. The van der Waals surface area contributed by atoms with E-state index >= 15 is 0 Å².